The van der Waals surface area contributed by atoms with Gasteiger partial charge in [-0.05, 0) is 18.0 Å². The molecule has 1 saturated heterocycles. The first-order valence-electron chi connectivity index (χ1n) is 9.54. The second-order valence-corrected chi connectivity index (χ2v) is 7.31. The molecular weight excluding hydrogens is 312 g/mol. The van der Waals surface area contributed by atoms with Crippen molar-refractivity contribution in [1.29, 1.82) is 0 Å². The number of hydrogen-bond acceptors (Lipinski definition) is 4. The van der Waals surface area contributed by atoms with Gasteiger partial charge in [-0.1, -0.05) is 51.1 Å². The van der Waals surface area contributed by atoms with Crippen LogP contribution >= 0.6 is 0 Å². The maximum atomic E-state index is 12.4. The Balaban J connectivity index is 1.72. The first-order chi connectivity index (χ1) is 12.0. The lowest BCUT2D eigenvalue weighted by molar-refractivity contribution is -0.125. The highest BCUT2D eigenvalue weighted by Crippen LogP contribution is 2.19. The molecule has 0 aromatic heterocycles. The molecule has 3 unspecified atom stereocenters. The van der Waals surface area contributed by atoms with Gasteiger partial charge in [0.2, 0.25) is 5.91 Å². The van der Waals surface area contributed by atoms with E-state index in [-0.39, 0.29) is 17.9 Å². The van der Waals surface area contributed by atoms with E-state index in [0.29, 0.717) is 12.5 Å². The Hall–Kier alpha value is -1.43. The normalized spacial score (nSPS) is 20.0. The number of carbonyl (C=O) groups excluding carboxylic acids is 1. The van der Waals surface area contributed by atoms with Crippen molar-refractivity contribution in [3.05, 3.63) is 35.9 Å². The molecule has 25 heavy (non-hydrogen) atoms. The van der Waals surface area contributed by atoms with Gasteiger partial charge >= 0.3 is 0 Å². The molecule has 0 spiro atoms. The summed E-state index contributed by atoms with van der Waals surface area (Å²) in [5.74, 6) is 0.249. The quantitative estimate of drug-likeness (QED) is 0.752. The topological polar surface area (TPSA) is 61.6 Å². The predicted molar refractivity (Wildman–Crippen MR) is 103 cm³/mol. The minimum atomic E-state index is -0.265. The Morgan fingerprint density at radius 1 is 1.12 bits per heavy atom. The fourth-order valence-corrected chi connectivity index (χ4v) is 3.36. The number of amides is 1. The molecule has 5 nitrogen and oxygen atoms in total. The van der Waals surface area contributed by atoms with Crippen molar-refractivity contribution in [3.63, 3.8) is 0 Å². The summed E-state index contributed by atoms with van der Waals surface area (Å²) in [6.45, 7) is 13.8. The van der Waals surface area contributed by atoms with Crippen LogP contribution in [0.4, 0.5) is 0 Å². The molecule has 1 aromatic rings. The monoisotopic (exact) mass is 346 g/mol. The largest absolute Gasteiger partial charge is 0.355 e. The van der Waals surface area contributed by atoms with Crippen LogP contribution in [0, 0.1) is 11.8 Å². The molecule has 1 aromatic carbocycles. The number of carbonyl (C=O) groups is 1. The summed E-state index contributed by atoms with van der Waals surface area (Å²) in [7, 11) is 0. The smallest absolute Gasteiger partial charge is 0.224 e. The molecule has 1 fully saturated rings. The van der Waals surface area contributed by atoms with Gasteiger partial charge in [0.1, 0.15) is 0 Å². The number of likely N-dealkylation sites (N-methyl/N-ethyl adjacent to an activating group) is 1. The standard InChI is InChI=1S/C20H34N4O/c1-4-23-10-12-24(13-11-23)15-16(2)14-22-20(25)17(3)19(21)18-8-6-5-7-9-18/h5-9,16-17,19H,4,10-15,21H2,1-3H3,(H,22,25). The van der Waals surface area contributed by atoms with E-state index in [9.17, 15) is 4.79 Å². The van der Waals surface area contributed by atoms with Gasteiger partial charge in [0.15, 0.2) is 0 Å². The Kier molecular flexibility index (Phi) is 7.88. The second-order valence-electron chi connectivity index (χ2n) is 7.31. The summed E-state index contributed by atoms with van der Waals surface area (Å²) < 4.78 is 0. The number of piperazine rings is 1. The first kappa shape index (κ1) is 19.9. The second kappa shape index (κ2) is 9.90. The Bertz CT molecular complexity index is 514. The maximum absolute atomic E-state index is 12.4. The van der Waals surface area contributed by atoms with Gasteiger partial charge in [-0.25, -0.2) is 0 Å². The molecule has 5 heteroatoms. The molecule has 0 aliphatic carbocycles. The summed E-state index contributed by atoms with van der Waals surface area (Å²) in [4.78, 5) is 17.4. The molecule has 2 rings (SSSR count). The average molecular weight is 347 g/mol. The first-order valence-corrected chi connectivity index (χ1v) is 9.54. The summed E-state index contributed by atoms with van der Waals surface area (Å²) in [6, 6.07) is 9.57. The molecule has 1 aliphatic heterocycles. The van der Waals surface area contributed by atoms with Crippen LogP contribution in [-0.4, -0.2) is 61.5 Å². The Labute approximate surface area is 152 Å². The fourth-order valence-electron chi connectivity index (χ4n) is 3.36. The third kappa shape index (κ3) is 6.10. The van der Waals surface area contributed by atoms with Gasteiger partial charge in [0.05, 0.1) is 5.92 Å². The summed E-state index contributed by atoms with van der Waals surface area (Å²) in [5, 5.41) is 3.09. The van der Waals surface area contributed by atoms with Crippen molar-refractivity contribution in [1.82, 2.24) is 15.1 Å². The van der Waals surface area contributed by atoms with Gasteiger partial charge in [-0.2, -0.15) is 0 Å². The lowest BCUT2D eigenvalue weighted by atomic mass is 9.94. The molecule has 3 N–H and O–H groups in total. The Morgan fingerprint density at radius 3 is 2.32 bits per heavy atom. The highest BCUT2D eigenvalue weighted by atomic mass is 16.1. The number of nitrogens with one attached hydrogen (secondary N) is 1. The zero-order valence-electron chi connectivity index (χ0n) is 15.9. The summed E-state index contributed by atoms with van der Waals surface area (Å²) in [5.41, 5.74) is 7.25. The van der Waals surface area contributed by atoms with Crippen LogP contribution in [0.15, 0.2) is 30.3 Å². The molecule has 1 aliphatic rings. The number of benzene rings is 1. The van der Waals surface area contributed by atoms with E-state index in [1.807, 2.05) is 37.3 Å². The average Bonchev–Trinajstić information content (AvgIpc) is 2.66. The molecule has 140 valence electrons. The minimum Gasteiger partial charge on any atom is -0.355 e. The van der Waals surface area contributed by atoms with Gasteiger partial charge in [-0.15, -0.1) is 0 Å². The highest BCUT2D eigenvalue weighted by molar-refractivity contribution is 5.79. The number of nitrogens with two attached hydrogens (primary N) is 1. The molecule has 0 radical (unpaired) electrons. The van der Waals surface area contributed by atoms with Crippen molar-refractivity contribution in [2.24, 2.45) is 17.6 Å². The maximum Gasteiger partial charge on any atom is 0.224 e. The van der Waals surface area contributed by atoms with Crippen molar-refractivity contribution in [2.45, 2.75) is 26.8 Å². The number of hydrogen-bond donors (Lipinski definition) is 2. The third-order valence-electron chi connectivity index (χ3n) is 5.24. The van der Waals surface area contributed by atoms with E-state index in [1.165, 1.54) is 0 Å². The molecule has 1 heterocycles. The highest BCUT2D eigenvalue weighted by Gasteiger charge is 2.23. The molecule has 3 atom stereocenters. The van der Waals surface area contributed by atoms with E-state index in [2.05, 4.69) is 29.0 Å². The van der Waals surface area contributed by atoms with E-state index in [0.717, 1.165) is 44.8 Å². The van der Waals surface area contributed by atoms with Crippen molar-refractivity contribution in [2.75, 3.05) is 45.8 Å². The van der Waals surface area contributed by atoms with Crippen LogP contribution in [0.3, 0.4) is 0 Å². The summed E-state index contributed by atoms with van der Waals surface area (Å²) >= 11 is 0. The molecule has 0 bridgehead atoms. The molecular formula is C20H34N4O. The van der Waals surface area contributed by atoms with Gasteiger partial charge in [0.25, 0.3) is 0 Å². The zero-order chi connectivity index (χ0) is 18.2. The molecule has 0 saturated carbocycles. The summed E-state index contributed by atoms with van der Waals surface area (Å²) in [6.07, 6.45) is 0. The van der Waals surface area contributed by atoms with Crippen molar-refractivity contribution < 1.29 is 4.79 Å². The number of rotatable bonds is 8. The van der Waals surface area contributed by atoms with E-state index >= 15 is 0 Å². The van der Waals surface area contributed by atoms with Crippen LogP contribution in [0.2, 0.25) is 0 Å². The van der Waals surface area contributed by atoms with Crippen LogP contribution < -0.4 is 11.1 Å². The molecule has 1 amide bonds. The minimum absolute atomic E-state index is 0.0407. The SMILES string of the molecule is CCN1CCN(CC(C)CNC(=O)C(C)C(N)c2ccccc2)CC1. The fraction of sp³-hybridized carbons (Fsp3) is 0.650. The predicted octanol–water partition coefficient (Wildman–Crippen LogP) is 1.71. The van der Waals surface area contributed by atoms with Crippen LogP contribution in [0.25, 0.3) is 0 Å². The van der Waals surface area contributed by atoms with Gasteiger partial charge in [0, 0.05) is 45.3 Å². The van der Waals surface area contributed by atoms with Crippen LogP contribution in [-0.2, 0) is 4.79 Å². The lowest BCUT2D eigenvalue weighted by Crippen LogP contribution is -2.48. The van der Waals surface area contributed by atoms with Crippen molar-refractivity contribution >= 4 is 5.91 Å². The van der Waals surface area contributed by atoms with E-state index in [1.54, 1.807) is 0 Å². The van der Waals surface area contributed by atoms with E-state index in [4.69, 9.17) is 5.73 Å². The van der Waals surface area contributed by atoms with Gasteiger partial charge < -0.3 is 20.9 Å². The van der Waals surface area contributed by atoms with E-state index < -0.39 is 0 Å². The van der Waals surface area contributed by atoms with Crippen LogP contribution in [0.1, 0.15) is 32.4 Å². The Morgan fingerprint density at radius 2 is 1.72 bits per heavy atom. The lowest BCUT2D eigenvalue weighted by Gasteiger charge is -2.35. The number of nitrogens with zero attached hydrogens (tertiary/aromatic N) is 2. The van der Waals surface area contributed by atoms with Gasteiger partial charge in [-0.3, -0.25) is 4.79 Å². The van der Waals surface area contributed by atoms with Crippen LogP contribution in [0.5, 0.6) is 0 Å². The zero-order valence-corrected chi connectivity index (χ0v) is 15.9. The third-order valence-corrected chi connectivity index (χ3v) is 5.24. The van der Waals surface area contributed by atoms with Crippen molar-refractivity contribution in [3.8, 4) is 0 Å².